The third-order valence-corrected chi connectivity index (χ3v) is 2.67. The predicted octanol–water partition coefficient (Wildman–Crippen LogP) is 3.39. The molecule has 0 atom stereocenters. The first kappa shape index (κ1) is 15.3. The highest BCUT2D eigenvalue weighted by Crippen LogP contribution is 2.30. The molecule has 0 saturated heterocycles. The van der Waals surface area contributed by atoms with Gasteiger partial charge in [-0.25, -0.2) is 9.59 Å². The molecule has 0 saturated carbocycles. The summed E-state index contributed by atoms with van der Waals surface area (Å²) in [6, 6.07) is 2.03. The molecule has 102 valence electrons. The Kier molecular flexibility index (Phi) is 5.66. The molecule has 1 rings (SSSR count). The van der Waals surface area contributed by atoms with Crippen LogP contribution in [-0.4, -0.2) is 23.7 Å². The quantitative estimate of drug-likeness (QED) is 0.576. The molecule has 0 aliphatic carbocycles. The molecule has 0 bridgehead atoms. The molecule has 0 heterocycles. The van der Waals surface area contributed by atoms with Crippen LogP contribution in [0.2, 0.25) is 10.0 Å². The van der Waals surface area contributed by atoms with E-state index in [2.05, 4.69) is 17.2 Å². The van der Waals surface area contributed by atoms with E-state index in [1.807, 2.05) is 0 Å². The summed E-state index contributed by atoms with van der Waals surface area (Å²) in [5, 5.41) is 14.2. The second-order valence-electron chi connectivity index (χ2n) is 3.57. The number of rotatable bonds is 5. The van der Waals surface area contributed by atoms with Crippen LogP contribution in [0.15, 0.2) is 24.8 Å². The first-order chi connectivity index (χ1) is 8.95. The third kappa shape index (κ3) is 4.46. The zero-order valence-corrected chi connectivity index (χ0v) is 11.4. The van der Waals surface area contributed by atoms with Gasteiger partial charge in [0.15, 0.2) is 0 Å². The first-order valence-electron chi connectivity index (χ1n) is 5.33. The monoisotopic (exact) mass is 302 g/mol. The van der Waals surface area contributed by atoms with E-state index in [9.17, 15) is 9.59 Å². The van der Waals surface area contributed by atoms with Gasteiger partial charge in [0.25, 0.3) is 0 Å². The van der Waals surface area contributed by atoms with Crippen molar-refractivity contribution in [1.82, 2.24) is 5.32 Å². The highest BCUT2D eigenvalue weighted by atomic mass is 35.5. The molecule has 5 nitrogen and oxygen atoms in total. The van der Waals surface area contributed by atoms with Crippen LogP contribution in [0.5, 0.6) is 0 Å². The van der Waals surface area contributed by atoms with Crippen molar-refractivity contribution in [3.8, 4) is 0 Å². The number of carbonyl (C=O) groups is 2. The van der Waals surface area contributed by atoms with E-state index in [0.717, 1.165) is 0 Å². The Morgan fingerprint density at radius 2 is 2.05 bits per heavy atom. The van der Waals surface area contributed by atoms with Crippen LogP contribution >= 0.6 is 23.2 Å². The van der Waals surface area contributed by atoms with E-state index >= 15 is 0 Å². The maximum atomic E-state index is 11.6. The highest BCUT2D eigenvalue weighted by molar-refractivity contribution is 6.37. The lowest BCUT2D eigenvalue weighted by atomic mass is 10.2. The maximum absolute atomic E-state index is 11.6. The van der Waals surface area contributed by atoms with Gasteiger partial charge in [0.2, 0.25) is 0 Å². The van der Waals surface area contributed by atoms with Crippen molar-refractivity contribution in [2.45, 2.75) is 6.42 Å². The number of aromatic carboxylic acids is 1. The van der Waals surface area contributed by atoms with Gasteiger partial charge in [-0.15, -0.1) is 6.58 Å². The van der Waals surface area contributed by atoms with E-state index in [0.29, 0.717) is 13.0 Å². The number of amides is 2. The minimum absolute atomic E-state index is 0.00895. The van der Waals surface area contributed by atoms with Gasteiger partial charge in [-0.1, -0.05) is 29.3 Å². The van der Waals surface area contributed by atoms with Gasteiger partial charge in [-0.2, -0.15) is 0 Å². The SMILES string of the molecule is C=CCCNC(=O)Nc1c(Cl)cc(Cl)cc1C(=O)O. The Labute approximate surface area is 120 Å². The summed E-state index contributed by atoms with van der Waals surface area (Å²) in [6.45, 7) is 3.91. The van der Waals surface area contributed by atoms with Gasteiger partial charge >= 0.3 is 12.0 Å². The summed E-state index contributed by atoms with van der Waals surface area (Å²) < 4.78 is 0. The van der Waals surface area contributed by atoms with Gasteiger partial charge in [0.1, 0.15) is 0 Å². The van der Waals surface area contributed by atoms with Gasteiger partial charge in [-0.3, -0.25) is 0 Å². The standard InChI is InChI=1S/C12H12Cl2N2O3/c1-2-3-4-15-12(19)16-10-8(11(17)18)5-7(13)6-9(10)14/h2,5-6H,1,3-4H2,(H,17,18)(H2,15,16,19). The molecule has 0 unspecified atom stereocenters. The summed E-state index contributed by atoms with van der Waals surface area (Å²) in [7, 11) is 0. The second-order valence-corrected chi connectivity index (χ2v) is 4.42. The van der Waals surface area contributed by atoms with Crippen LogP contribution in [0.4, 0.5) is 10.5 Å². The fourth-order valence-electron chi connectivity index (χ4n) is 1.31. The van der Waals surface area contributed by atoms with Crippen molar-refractivity contribution < 1.29 is 14.7 Å². The Balaban J connectivity index is 2.90. The molecular weight excluding hydrogens is 291 g/mol. The van der Waals surface area contributed by atoms with Crippen molar-refractivity contribution in [1.29, 1.82) is 0 Å². The fraction of sp³-hybridized carbons (Fsp3) is 0.167. The lowest BCUT2D eigenvalue weighted by molar-refractivity contribution is 0.0698. The van der Waals surface area contributed by atoms with E-state index in [1.54, 1.807) is 6.08 Å². The smallest absolute Gasteiger partial charge is 0.337 e. The maximum Gasteiger partial charge on any atom is 0.337 e. The zero-order chi connectivity index (χ0) is 14.4. The molecular formula is C12H12Cl2N2O3. The number of carboxylic acids is 1. The molecule has 0 aliphatic rings. The molecule has 0 radical (unpaired) electrons. The van der Waals surface area contributed by atoms with Crippen LogP contribution in [0, 0.1) is 0 Å². The molecule has 0 fully saturated rings. The minimum Gasteiger partial charge on any atom is -0.478 e. The summed E-state index contributed by atoms with van der Waals surface area (Å²) in [5.41, 5.74) is -0.161. The highest BCUT2D eigenvalue weighted by Gasteiger charge is 2.16. The lowest BCUT2D eigenvalue weighted by Gasteiger charge is -2.11. The molecule has 0 aliphatic heterocycles. The van der Waals surface area contributed by atoms with Gasteiger partial charge in [0, 0.05) is 11.6 Å². The summed E-state index contributed by atoms with van der Waals surface area (Å²) in [6.07, 6.45) is 2.26. The van der Waals surface area contributed by atoms with Crippen molar-refractivity contribution in [3.05, 3.63) is 40.4 Å². The van der Waals surface area contributed by atoms with E-state index in [4.69, 9.17) is 28.3 Å². The van der Waals surface area contributed by atoms with Gasteiger partial charge < -0.3 is 15.7 Å². The van der Waals surface area contributed by atoms with Crippen LogP contribution in [0.3, 0.4) is 0 Å². The Morgan fingerprint density at radius 1 is 1.37 bits per heavy atom. The molecule has 19 heavy (non-hydrogen) atoms. The summed E-state index contributed by atoms with van der Waals surface area (Å²) in [5.74, 6) is -1.23. The summed E-state index contributed by atoms with van der Waals surface area (Å²) in [4.78, 5) is 22.6. The molecule has 1 aromatic carbocycles. The van der Waals surface area contributed by atoms with Gasteiger partial charge in [0.05, 0.1) is 16.3 Å². The molecule has 2 amide bonds. The van der Waals surface area contributed by atoms with Crippen molar-refractivity contribution in [2.75, 3.05) is 11.9 Å². The lowest BCUT2D eigenvalue weighted by Crippen LogP contribution is -2.30. The number of nitrogens with one attached hydrogen (secondary N) is 2. The Morgan fingerprint density at radius 3 is 2.63 bits per heavy atom. The van der Waals surface area contributed by atoms with Gasteiger partial charge in [-0.05, 0) is 18.6 Å². The molecule has 7 heteroatoms. The third-order valence-electron chi connectivity index (χ3n) is 2.16. The van der Waals surface area contributed by atoms with Crippen molar-refractivity contribution in [2.24, 2.45) is 0 Å². The second kappa shape index (κ2) is 7.01. The van der Waals surface area contributed by atoms with E-state index < -0.39 is 12.0 Å². The predicted molar refractivity (Wildman–Crippen MR) is 75.3 cm³/mol. The van der Waals surface area contributed by atoms with Crippen LogP contribution < -0.4 is 10.6 Å². The number of carbonyl (C=O) groups excluding carboxylic acids is 1. The number of carboxylic acid groups (broad SMARTS) is 1. The average Bonchev–Trinajstić information content (AvgIpc) is 2.32. The average molecular weight is 303 g/mol. The number of anilines is 1. The summed E-state index contributed by atoms with van der Waals surface area (Å²) >= 11 is 11.6. The zero-order valence-electron chi connectivity index (χ0n) is 9.87. The van der Waals surface area contributed by atoms with E-state index in [1.165, 1.54) is 12.1 Å². The normalized spacial score (nSPS) is 9.79. The van der Waals surface area contributed by atoms with Crippen molar-refractivity contribution >= 4 is 40.9 Å². The first-order valence-corrected chi connectivity index (χ1v) is 6.09. The Hall–Kier alpha value is -1.72. The molecule has 0 spiro atoms. The van der Waals surface area contributed by atoms with Crippen molar-refractivity contribution in [3.63, 3.8) is 0 Å². The largest absolute Gasteiger partial charge is 0.478 e. The van der Waals surface area contributed by atoms with E-state index in [-0.39, 0.29) is 21.3 Å². The van der Waals surface area contributed by atoms with Crippen LogP contribution in [0.1, 0.15) is 16.8 Å². The Bertz CT molecular complexity index is 518. The topological polar surface area (TPSA) is 78.4 Å². The number of hydrogen-bond acceptors (Lipinski definition) is 2. The number of halogens is 2. The van der Waals surface area contributed by atoms with Crippen LogP contribution in [-0.2, 0) is 0 Å². The minimum atomic E-state index is -1.23. The number of benzene rings is 1. The molecule has 3 N–H and O–H groups in total. The fourth-order valence-corrected chi connectivity index (χ4v) is 1.86. The number of hydrogen-bond donors (Lipinski definition) is 3. The number of urea groups is 1. The van der Waals surface area contributed by atoms with Crippen LogP contribution in [0.25, 0.3) is 0 Å². The molecule has 1 aromatic rings. The molecule has 0 aromatic heterocycles.